The number of ether oxygens (including phenoxy) is 1. The van der Waals surface area contributed by atoms with Crippen molar-refractivity contribution in [2.75, 3.05) is 6.61 Å². The molecule has 90 valence electrons. The first kappa shape index (κ1) is 12.1. The van der Waals surface area contributed by atoms with Crippen molar-refractivity contribution >= 4 is 23.4 Å². The molecular weight excluding hydrogens is 264 g/mol. The second kappa shape index (κ2) is 5.78. The lowest BCUT2D eigenvalue weighted by atomic mass is 10.5. The standard InChI is InChI=1S/C8H9ClN6OS/c1-2-3-16-6-12-5(9)13-8(14-6)17-7-10-4-11-15-7/h4H,2-3H2,1H3,(H,10,11,15). The minimum absolute atomic E-state index is 0.0909. The van der Waals surface area contributed by atoms with Gasteiger partial charge >= 0.3 is 6.01 Å². The summed E-state index contributed by atoms with van der Waals surface area (Å²) in [5, 5.41) is 7.48. The van der Waals surface area contributed by atoms with E-state index in [2.05, 4.69) is 30.1 Å². The van der Waals surface area contributed by atoms with Gasteiger partial charge in [-0.1, -0.05) is 6.92 Å². The summed E-state index contributed by atoms with van der Waals surface area (Å²) in [6.07, 6.45) is 2.27. The van der Waals surface area contributed by atoms with E-state index in [0.717, 1.165) is 6.42 Å². The maximum absolute atomic E-state index is 5.77. The number of hydrogen-bond acceptors (Lipinski definition) is 7. The molecule has 1 N–H and O–H groups in total. The molecule has 0 saturated carbocycles. The third kappa shape index (κ3) is 3.53. The molecule has 0 unspecified atom stereocenters. The molecule has 17 heavy (non-hydrogen) atoms. The molecule has 0 aliphatic carbocycles. The van der Waals surface area contributed by atoms with Gasteiger partial charge in [0.05, 0.1) is 6.61 Å². The largest absolute Gasteiger partial charge is 0.463 e. The van der Waals surface area contributed by atoms with Crippen molar-refractivity contribution in [3.05, 3.63) is 11.6 Å². The van der Waals surface area contributed by atoms with Crippen LogP contribution in [0.2, 0.25) is 5.28 Å². The van der Waals surface area contributed by atoms with Gasteiger partial charge in [0, 0.05) is 0 Å². The Labute approximate surface area is 106 Å². The average molecular weight is 273 g/mol. The zero-order valence-electron chi connectivity index (χ0n) is 8.92. The van der Waals surface area contributed by atoms with Crippen molar-refractivity contribution in [2.24, 2.45) is 0 Å². The number of hydrogen-bond donors (Lipinski definition) is 1. The molecule has 2 aromatic rings. The van der Waals surface area contributed by atoms with E-state index < -0.39 is 0 Å². The van der Waals surface area contributed by atoms with E-state index in [1.54, 1.807) is 0 Å². The van der Waals surface area contributed by atoms with Crippen LogP contribution in [0.1, 0.15) is 13.3 Å². The highest BCUT2D eigenvalue weighted by molar-refractivity contribution is 7.99. The SMILES string of the molecule is CCCOc1nc(Cl)nc(Sc2ncn[nH]2)n1. The van der Waals surface area contributed by atoms with Gasteiger partial charge in [0.15, 0.2) is 5.16 Å². The Balaban J connectivity index is 2.13. The van der Waals surface area contributed by atoms with Gasteiger partial charge in [-0.05, 0) is 29.8 Å². The van der Waals surface area contributed by atoms with Crippen molar-refractivity contribution < 1.29 is 4.74 Å². The van der Waals surface area contributed by atoms with Crippen molar-refractivity contribution in [2.45, 2.75) is 23.7 Å². The Bertz CT molecular complexity index is 479. The van der Waals surface area contributed by atoms with Crippen LogP contribution in [0.15, 0.2) is 16.6 Å². The van der Waals surface area contributed by atoms with Crippen LogP contribution in [0.4, 0.5) is 0 Å². The summed E-state index contributed by atoms with van der Waals surface area (Å²) in [6, 6.07) is 0.217. The summed E-state index contributed by atoms with van der Waals surface area (Å²) in [7, 11) is 0. The summed E-state index contributed by atoms with van der Waals surface area (Å²) in [5.41, 5.74) is 0. The number of nitrogens with one attached hydrogen (secondary N) is 1. The molecule has 0 spiro atoms. The molecule has 2 aromatic heterocycles. The van der Waals surface area contributed by atoms with Crippen molar-refractivity contribution in [1.29, 1.82) is 0 Å². The highest BCUT2D eigenvalue weighted by atomic mass is 35.5. The van der Waals surface area contributed by atoms with Gasteiger partial charge in [0.1, 0.15) is 6.33 Å². The fraction of sp³-hybridized carbons (Fsp3) is 0.375. The molecule has 0 fully saturated rings. The predicted molar refractivity (Wildman–Crippen MR) is 61.1 cm³/mol. The number of nitrogens with zero attached hydrogens (tertiary/aromatic N) is 5. The monoisotopic (exact) mass is 272 g/mol. The van der Waals surface area contributed by atoms with Gasteiger partial charge < -0.3 is 4.74 Å². The van der Waals surface area contributed by atoms with Crippen molar-refractivity contribution in [3.8, 4) is 6.01 Å². The van der Waals surface area contributed by atoms with E-state index in [9.17, 15) is 0 Å². The molecule has 0 aliphatic heterocycles. The normalized spacial score (nSPS) is 10.5. The molecule has 0 aromatic carbocycles. The first-order chi connectivity index (χ1) is 8.28. The first-order valence-electron chi connectivity index (χ1n) is 4.85. The average Bonchev–Trinajstić information content (AvgIpc) is 2.78. The van der Waals surface area contributed by atoms with Crippen LogP contribution in [0.3, 0.4) is 0 Å². The summed E-state index contributed by atoms with van der Waals surface area (Å²) in [6.45, 7) is 2.53. The quantitative estimate of drug-likeness (QED) is 0.884. The smallest absolute Gasteiger partial charge is 0.321 e. The first-order valence-corrected chi connectivity index (χ1v) is 6.05. The van der Waals surface area contributed by atoms with E-state index in [4.69, 9.17) is 16.3 Å². The maximum atomic E-state index is 5.77. The Hall–Kier alpha value is -1.41. The van der Waals surface area contributed by atoms with Gasteiger partial charge in [0.25, 0.3) is 0 Å². The van der Waals surface area contributed by atoms with Crippen LogP contribution < -0.4 is 4.74 Å². The highest BCUT2D eigenvalue weighted by Crippen LogP contribution is 2.22. The third-order valence-corrected chi connectivity index (χ3v) is 2.51. The molecule has 0 bridgehead atoms. The lowest BCUT2D eigenvalue weighted by Crippen LogP contribution is -2.02. The maximum Gasteiger partial charge on any atom is 0.321 e. The Morgan fingerprint density at radius 3 is 3.00 bits per heavy atom. The second-order valence-corrected chi connectivity index (χ2v) is 4.20. The van der Waals surface area contributed by atoms with Crippen LogP contribution in [-0.4, -0.2) is 36.7 Å². The fourth-order valence-electron chi connectivity index (χ4n) is 0.948. The van der Waals surface area contributed by atoms with Crippen LogP contribution >= 0.6 is 23.4 Å². The highest BCUT2D eigenvalue weighted by Gasteiger charge is 2.09. The number of halogens is 1. The van der Waals surface area contributed by atoms with E-state index in [1.807, 2.05) is 6.92 Å². The van der Waals surface area contributed by atoms with E-state index in [0.29, 0.717) is 16.9 Å². The number of rotatable bonds is 5. The second-order valence-electron chi connectivity index (χ2n) is 2.91. The van der Waals surface area contributed by atoms with Gasteiger partial charge in [-0.15, -0.1) is 0 Å². The van der Waals surface area contributed by atoms with E-state index in [1.165, 1.54) is 18.1 Å². The fourth-order valence-corrected chi connectivity index (χ4v) is 1.78. The lowest BCUT2D eigenvalue weighted by molar-refractivity contribution is 0.288. The molecule has 0 amide bonds. The number of aromatic nitrogens is 6. The summed E-state index contributed by atoms with van der Waals surface area (Å²) in [4.78, 5) is 15.9. The molecule has 0 aliphatic rings. The Morgan fingerprint density at radius 2 is 2.29 bits per heavy atom. The topological polar surface area (TPSA) is 89.5 Å². The van der Waals surface area contributed by atoms with Crippen LogP contribution in [0.25, 0.3) is 0 Å². The molecular formula is C8H9ClN6OS. The zero-order chi connectivity index (χ0) is 12.1. The summed E-state index contributed by atoms with van der Waals surface area (Å²) >= 11 is 6.97. The molecule has 2 rings (SSSR count). The third-order valence-electron chi connectivity index (χ3n) is 1.58. The van der Waals surface area contributed by atoms with Gasteiger partial charge in [-0.3, -0.25) is 5.10 Å². The van der Waals surface area contributed by atoms with Gasteiger partial charge in [-0.2, -0.15) is 20.1 Å². The van der Waals surface area contributed by atoms with Crippen LogP contribution in [0, 0.1) is 0 Å². The van der Waals surface area contributed by atoms with Crippen molar-refractivity contribution in [1.82, 2.24) is 30.1 Å². The number of H-pyrrole nitrogens is 1. The van der Waals surface area contributed by atoms with Crippen LogP contribution in [0.5, 0.6) is 6.01 Å². The lowest BCUT2D eigenvalue weighted by Gasteiger charge is -2.03. The zero-order valence-corrected chi connectivity index (χ0v) is 10.5. The number of aromatic amines is 1. The summed E-state index contributed by atoms with van der Waals surface area (Å²) < 4.78 is 5.29. The van der Waals surface area contributed by atoms with Crippen LogP contribution in [-0.2, 0) is 0 Å². The molecule has 0 radical (unpaired) electrons. The van der Waals surface area contributed by atoms with Crippen molar-refractivity contribution in [3.63, 3.8) is 0 Å². The predicted octanol–water partition coefficient (Wildman–Crippen LogP) is 1.58. The molecule has 9 heteroatoms. The van der Waals surface area contributed by atoms with Gasteiger partial charge in [-0.25, -0.2) is 4.98 Å². The Morgan fingerprint density at radius 1 is 1.41 bits per heavy atom. The molecule has 0 atom stereocenters. The van der Waals surface area contributed by atoms with E-state index in [-0.39, 0.29) is 11.3 Å². The molecule has 2 heterocycles. The molecule has 0 saturated heterocycles. The minimum Gasteiger partial charge on any atom is -0.463 e. The van der Waals surface area contributed by atoms with Gasteiger partial charge in [0.2, 0.25) is 10.4 Å². The summed E-state index contributed by atoms with van der Waals surface area (Å²) in [5.74, 6) is 0. The minimum atomic E-state index is 0.0909. The Kier molecular flexibility index (Phi) is 4.10. The van der Waals surface area contributed by atoms with E-state index >= 15 is 0 Å². The molecule has 7 nitrogen and oxygen atoms in total.